The smallest absolute Gasteiger partial charge is 0.323 e. The number of benzene rings is 2. The molecule has 2 aromatic carbocycles. The van der Waals surface area contributed by atoms with Gasteiger partial charge in [-0.05, 0) is 55.0 Å². The Kier molecular flexibility index (Phi) is 5.02. The molecule has 8 nitrogen and oxygen atoms in total. The molecule has 0 radical (unpaired) electrons. The summed E-state index contributed by atoms with van der Waals surface area (Å²) in [4.78, 5) is 31.7. The highest BCUT2D eigenvalue weighted by Gasteiger charge is 2.21. The summed E-state index contributed by atoms with van der Waals surface area (Å²) in [6.07, 6.45) is 2.18. The Labute approximate surface area is 165 Å². The quantitative estimate of drug-likeness (QED) is 0.623. The summed E-state index contributed by atoms with van der Waals surface area (Å²) in [6.45, 7) is 0. The molecule has 3 N–H and O–H groups in total. The SMILES string of the molecule is O=C1CCc2c(ncnc2Oc2ccc(NC(=O)Nc3ccc(F)cc3)cc2)N1. The van der Waals surface area contributed by atoms with Crippen molar-refractivity contribution in [3.63, 3.8) is 0 Å². The van der Waals surface area contributed by atoms with Gasteiger partial charge in [0.05, 0.1) is 5.56 Å². The minimum absolute atomic E-state index is 0.0866. The number of urea groups is 1. The van der Waals surface area contributed by atoms with Crippen molar-refractivity contribution in [2.45, 2.75) is 12.8 Å². The summed E-state index contributed by atoms with van der Waals surface area (Å²) >= 11 is 0. The number of halogens is 1. The van der Waals surface area contributed by atoms with Crippen LogP contribution >= 0.6 is 0 Å². The van der Waals surface area contributed by atoms with Crippen LogP contribution in [0.4, 0.5) is 26.4 Å². The van der Waals surface area contributed by atoms with E-state index in [1.54, 1.807) is 24.3 Å². The van der Waals surface area contributed by atoms with E-state index >= 15 is 0 Å². The number of rotatable bonds is 4. The molecule has 0 unspecified atom stereocenters. The standard InChI is InChI=1S/C20H16FN5O3/c21-12-1-3-13(4-2-12)24-20(28)25-14-5-7-15(8-6-14)29-19-16-9-10-17(27)26-18(16)22-11-23-19/h1-8,11H,9-10H2,(H2,24,25,28)(H,22,23,26,27). The van der Waals surface area contributed by atoms with Crippen molar-refractivity contribution < 1.29 is 18.7 Å². The number of fused-ring (bicyclic) bond motifs is 1. The van der Waals surface area contributed by atoms with Crippen LogP contribution in [0.3, 0.4) is 0 Å². The molecule has 0 spiro atoms. The molecule has 1 aliphatic heterocycles. The van der Waals surface area contributed by atoms with Crippen LogP contribution in [-0.4, -0.2) is 21.9 Å². The lowest BCUT2D eigenvalue weighted by atomic mass is 10.1. The molecule has 2 heterocycles. The number of nitrogens with one attached hydrogen (secondary N) is 3. The largest absolute Gasteiger partial charge is 0.439 e. The molecule has 1 aliphatic rings. The summed E-state index contributed by atoms with van der Waals surface area (Å²) in [7, 11) is 0. The maximum Gasteiger partial charge on any atom is 0.323 e. The Morgan fingerprint density at radius 2 is 1.62 bits per heavy atom. The Balaban J connectivity index is 1.39. The monoisotopic (exact) mass is 393 g/mol. The second-order valence-corrected chi connectivity index (χ2v) is 6.27. The molecule has 29 heavy (non-hydrogen) atoms. The third kappa shape index (κ3) is 4.46. The average Bonchev–Trinajstić information content (AvgIpc) is 2.71. The van der Waals surface area contributed by atoms with Gasteiger partial charge >= 0.3 is 6.03 Å². The Hall–Kier alpha value is -4.01. The first kappa shape index (κ1) is 18.4. The van der Waals surface area contributed by atoms with Gasteiger partial charge in [-0.2, -0.15) is 0 Å². The molecule has 3 aromatic rings. The number of anilines is 3. The van der Waals surface area contributed by atoms with Crippen molar-refractivity contribution in [2.75, 3.05) is 16.0 Å². The lowest BCUT2D eigenvalue weighted by molar-refractivity contribution is -0.116. The second-order valence-electron chi connectivity index (χ2n) is 6.27. The summed E-state index contributed by atoms with van der Waals surface area (Å²) in [5.41, 5.74) is 1.77. The van der Waals surface area contributed by atoms with E-state index in [9.17, 15) is 14.0 Å². The molecular weight excluding hydrogens is 377 g/mol. The van der Waals surface area contributed by atoms with Gasteiger partial charge in [-0.3, -0.25) is 4.79 Å². The van der Waals surface area contributed by atoms with Gasteiger partial charge in [-0.15, -0.1) is 0 Å². The fourth-order valence-corrected chi connectivity index (χ4v) is 2.79. The first-order valence-electron chi connectivity index (χ1n) is 8.82. The van der Waals surface area contributed by atoms with E-state index in [2.05, 4.69) is 25.9 Å². The number of aromatic nitrogens is 2. The number of hydrogen-bond donors (Lipinski definition) is 3. The van der Waals surface area contributed by atoms with Gasteiger partial charge in [0.15, 0.2) is 0 Å². The molecule has 3 amide bonds. The first-order chi connectivity index (χ1) is 14.1. The fraction of sp³-hybridized carbons (Fsp3) is 0.100. The fourth-order valence-electron chi connectivity index (χ4n) is 2.79. The predicted molar refractivity (Wildman–Crippen MR) is 105 cm³/mol. The van der Waals surface area contributed by atoms with E-state index in [4.69, 9.17) is 4.74 Å². The van der Waals surface area contributed by atoms with E-state index in [0.717, 1.165) is 5.56 Å². The molecule has 1 aromatic heterocycles. The van der Waals surface area contributed by atoms with Gasteiger partial charge in [0.2, 0.25) is 11.8 Å². The highest BCUT2D eigenvalue weighted by Crippen LogP contribution is 2.30. The molecular formula is C20H16FN5O3. The summed E-state index contributed by atoms with van der Waals surface area (Å²) in [5, 5.41) is 7.98. The molecule has 0 atom stereocenters. The van der Waals surface area contributed by atoms with Crippen LogP contribution in [0, 0.1) is 5.82 Å². The van der Waals surface area contributed by atoms with Crippen LogP contribution in [-0.2, 0) is 11.2 Å². The molecule has 0 saturated heterocycles. The molecule has 4 rings (SSSR count). The van der Waals surface area contributed by atoms with Crippen LogP contribution < -0.4 is 20.7 Å². The van der Waals surface area contributed by atoms with Gasteiger partial charge in [0.25, 0.3) is 0 Å². The average molecular weight is 393 g/mol. The summed E-state index contributed by atoms with van der Waals surface area (Å²) < 4.78 is 18.7. The van der Waals surface area contributed by atoms with Crippen molar-refractivity contribution in [3.8, 4) is 11.6 Å². The number of amides is 3. The molecule has 146 valence electrons. The molecule has 0 bridgehead atoms. The number of carbonyl (C=O) groups excluding carboxylic acids is 2. The van der Waals surface area contributed by atoms with Gasteiger partial charge in [-0.1, -0.05) is 0 Å². The van der Waals surface area contributed by atoms with Gasteiger partial charge in [0, 0.05) is 17.8 Å². The van der Waals surface area contributed by atoms with Crippen LogP contribution in [0.25, 0.3) is 0 Å². The lowest BCUT2D eigenvalue weighted by Crippen LogP contribution is -2.21. The van der Waals surface area contributed by atoms with E-state index < -0.39 is 6.03 Å². The van der Waals surface area contributed by atoms with Crippen LogP contribution in [0.2, 0.25) is 0 Å². The minimum Gasteiger partial charge on any atom is -0.439 e. The van der Waals surface area contributed by atoms with Gasteiger partial charge < -0.3 is 20.7 Å². The Bertz CT molecular complexity index is 1050. The number of ether oxygens (including phenoxy) is 1. The lowest BCUT2D eigenvalue weighted by Gasteiger charge is -2.17. The Morgan fingerprint density at radius 3 is 2.31 bits per heavy atom. The van der Waals surface area contributed by atoms with Crippen molar-refractivity contribution in [3.05, 3.63) is 66.2 Å². The summed E-state index contributed by atoms with van der Waals surface area (Å²) in [5.74, 6) is 0.898. The van der Waals surface area contributed by atoms with E-state index in [0.29, 0.717) is 41.7 Å². The van der Waals surface area contributed by atoms with Crippen LogP contribution in [0.15, 0.2) is 54.9 Å². The zero-order chi connectivity index (χ0) is 20.2. The van der Waals surface area contributed by atoms with Crippen molar-refractivity contribution in [2.24, 2.45) is 0 Å². The predicted octanol–water partition coefficient (Wildman–Crippen LogP) is 3.94. The van der Waals surface area contributed by atoms with E-state index in [1.807, 2.05) is 0 Å². The van der Waals surface area contributed by atoms with Crippen molar-refractivity contribution in [1.82, 2.24) is 9.97 Å². The van der Waals surface area contributed by atoms with Crippen molar-refractivity contribution >= 4 is 29.1 Å². The summed E-state index contributed by atoms with van der Waals surface area (Å²) in [6, 6.07) is 11.7. The van der Waals surface area contributed by atoms with E-state index in [-0.39, 0.29) is 11.7 Å². The van der Waals surface area contributed by atoms with E-state index in [1.165, 1.54) is 30.6 Å². The van der Waals surface area contributed by atoms with Crippen LogP contribution in [0.5, 0.6) is 11.6 Å². The molecule has 0 aliphatic carbocycles. The normalized spacial score (nSPS) is 12.5. The number of nitrogens with zero attached hydrogens (tertiary/aromatic N) is 2. The molecule has 0 fully saturated rings. The number of hydrogen-bond acceptors (Lipinski definition) is 5. The highest BCUT2D eigenvalue weighted by atomic mass is 19.1. The maximum atomic E-state index is 12.9. The first-order valence-corrected chi connectivity index (χ1v) is 8.82. The number of carbonyl (C=O) groups is 2. The molecule has 0 saturated carbocycles. The minimum atomic E-state index is -0.453. The van der Waals surface area contributed by atoms with Crippen LogP contribution in [0.1, 0.15) is 12.0 Å². The third-order valence-electron chi connectivity index (χ3n) is 4.19. The van der Waals surface area contributed by atoms with Crippen molar-refractivity contribution in [1.29, 1.82) is 0 Å². The second kappa shape index (κ2) is 7.93. The van der Waals surface area contributed by atoms with Gasteiger partial charge in [0.1, 0.15) is 23.7 Å². The highest BCUT2D eigenvalue weighted by molar-refractivity contribution is 5.99. The maximum absolute atomic E-state index is 12.9. The zero-order valence-electron chi connectivity index (χ0n) is 15.1. The van der Waals surface area contributed by atoms with Gasteiger partial charge in [-0.25, -0.2) is 19.2 Å². The third-order valence-corrected chi connectivity index (χ3v) is 4.19. The molecule has 9 heteroatoms. The Morgan fingerprint density at radius 1 is 0.966 bits per heavy atom. The topological polar surface area (TPSA) is 105 Å². The zero-order valence-corrected chi connectivity index (χ0v) is 15.1.